The Kier molecular flexibility index (Phi) is 4.65. The van der Waals surface area contributed by atoms with E-state index in [0.717, 1.165) is 0 Å². The highest BCUT2D eigenvalue weighted by Crippen LogP contribution is 2.24. The Morgan fingerprint density at radius 2 is 1.70 bits per heavy atom. The first-order chi connectivity index (χ1) is 9.66. The predicted octanol–water partition coefficient (Wildman–Crippen LogP) is 3.47. The Balaban J connectivity index is 2.16. The van der Waals surface area contributed by atoms with Crippen LogP contribution in [0.2, 0.25) is 0 Å². The van der Waals surface area contributed by atoms with E-state index in [2.05, 4.69) is 5.32 Å². The van der Waals surface area contributed by atoms with Gasteiger partial charge in [0.15, 0.2) is 0 Å². The van der Waals surface area contributed by atoms with Crippen molar-refractivity contribution < 1.29 is 18.3 Å². The largest absolute Gasteiger partial charge is 0.457 e. The van der Waals surface area contributed by atoms with Crippen molar-refractivity contribution in [1.82, 2.24) is 5.32 Å². The third kappa shape index (κ3) is 3.78. The number of hydrogen-bond acceptors (Lipinski definition) is 2. The lowest BCUT2D eigenvalue weighted by Gasteiger charge is -2.11. The van der Waals surface area contributed by atoms with Crippen LogP contribution >= 0.6 is 0 Å². The molecule has 0 spiro atoms. The van der Waals surface area contributed by atoms with Crippen molar-refractivity contribution in [2.45, 2.75) is 6.43 Å². The van der Waals surface area contributed by atoms with Crippen molar-refractivity contribution in [3.05, 3.63) is 60.2 Å². The van der Waals surface area contributed by atoms with Gasteiger partial charge in [0, 0.05) is 0 Å². The smallest absolute Gasteiger partial charge is 0.255 e. The Hall–Kier alpha value is -2.43. The molecule has 0 aliphatic carbocycles. The van der Waals surface area contributed by atoms with Crippen LogP contribution in [0.5, 0.6) is 11.5 Å². The van der Waals surface area contributed by atoms with Crippen LogP contribution in [0.3, 0.4) is 0 Å². The summed E-state index contributed by atoms with van der Waals surface area (Å²) in [6, 6.07) is 15.4. The van der Waals surface area contributed by atoms with Gasteiger partial charge in [-0.25, -0.2) is 8.78 Å². The average Bonchev–Trinajstić information content (AvgIpc) is 2.46. The molecular weight excluding hydrogens is 264 g/mol. The molecule has 2 aromatic carbocycles. The Labute approximate surface area is 115 Å². The van der Waals surface area contributed by atoms with Gasteiger partial charge < -0.3 is 10.1 Å². The summed E-state index contributed by atoms with van der Waals surface area (Å²) in [5, 5.41) is 2.16. The fourth-order valence-corrected chi connectivity index (χ4v) is 1.62. The third-order valence-electron chi connectivity index (χ3n) is 2.52. The van der Waals surface area contributed by atoms with Gasteiger partial charge in [-0.15, -0.1) is 0 Å². The lowest BCUT2D eigenvalue weighted by atomic mass is 10.2. The first-order valence-electron chi connectivity index (χ1n) is 6.05. The predicted molar refractivity (Wildman–Crippen MR) is 71.3 cm³/mol. The number of hydrogen-bond donors (Lipinski definition) is 1. The molecule has 5 heteroatoms. The van der Waals surface area contributed by atoms with Crippen molar-refractivity contribution in [2.75, 3.05) is 6.54 Å². The van der Waals surface area contributed by atoms with E-state index in [4.69, 9.17) is 4.74 Å². The van der Waals surface area contributed by atoms with Crippen LogP contribution in [-0.4, -0.2) is 18.9 Å². The zero-order chi connectivity index (χ0) is 14.4. The monoisotopic (exact) mass is 277 g/mol. The molecular formula is C15H13F2NO2. The molecule has 3 nitrogen and oxygen atoms in total. The van der Waals surface area contributed by atoms with Crippen LogP contribution in [0.1, 0.15) is 10.4 Å². The Morgan fingerprint density at radius 1 is 1.05 bits per heavy atom. The minimum Gasteiger partial charge on any atom is -0.457 e. The summed E-state index contributed by atoms with van der Waals surface area (Å²) in [5.41, 5.74) is 0.219. The number of alkyl halides is 2. The Bertz CT molecular complexity index is 573. The fourth-order valence-electron chi connectivity index (χ4n) is 1.62. The van der Waals surface area contributed by atoms with E-state index >= 15 is 0 Å². The summed E-state index contributed by atoms with van der Waals surface area (Å²) in [4.78, 5) is 11.8. The second kappa shape index (κ2) is 6.65. The quantitative estimate of drug-likeness (QED) is 0.908. The molecule has 0 aliphatic heterocycles. The van der Waals surface area contributed by atoms with Gasteiger partial charge in [-0.1, -0.05) is 30.3 Å². The number of carbonyl (C=O) groups excluding carboxylic acids is 1. The van der Waals surface area contributed by atoms with Crippen LogP contribution in [-0.2, 0) is 0 Å². The minimum absolute atomic E-state index is 0.219. The van der Waals surface area contributed by atoms with E-state index in [1.807, 2.05) is 6.07 Å². The number of amides is 1. The lowest BCUT2D eigenvalue weighted by molar-refractivity contribution is 0.0889. The van der Waals surface area contributed by atoms with Crippen LogP contribution in [0.15, 0.2) is 54.6 Å². The first kappa shape index (κ1) is 14.0. The zero-order valence-electron chi connectivity index (χ0n) is 10.6. The molecule has 0 unspecified atom stereocenters. The van der Waals surface area contributed by atoms with E-state index in [1.165, 1.54) is 6.07 Å². The number of ether oxygens (including phenoxy) is 1. The summed E-state index contributed by atoms with van der Waals surface area (Å²) in [5.74, 6) is 0.309. The molecule has 0 aromatic heterocycles. The zero-order valence-corrected chi connectivity index (χ0v) is 10.6. The molecule has 0 aliphatic rings. The van der Waals surface area contributed by atoms with E-state index in [9.17, 15) is 13.6 Å². The maximum absolute atomic E-state index is 12.1. The summed E-state index contributed by atoms with van der Waals surface area (Å²) < 4.78 is 29.8. The average molecular weight is 277 g/mol. The molecule has 1 amide bonds. The highest BCUT2D eigenvalue weighted by molar-refractivity contribution is 5.97. The van der Waals surface area contributed by atoms with E-state index in [-0.39, 0.29) is 5.56 Å². The number of nitrogens with one attached hydrogen (secondary N) is 1. The second-order valence-corrected chi connectivity index (χ2v) is 4.01. The van der Waals surface area contributed by atoms with Gasteiger partial charge in [-0.05, 0) is 24.3 Å². The first-order valence-corrected chi connectivity index (χ1v) is 6.05. The molecule has 0 bridgehead atoms. The molecule has 0 radical (unpaired) electrons. The van der Waals surface area contributed by atoms with Gasteiger partial charge >= 0.3 is 0 Å². The Morgan fingerprint density at radius 3 is 2.40 bits per heavy atom. The van der Waals surface area contributed by atoms with Gasteiger partial charge in [0.25, 0.3) is 12.3 Å². The highest BCUT2D eigenvalue weighted by atomic mass is 19.3. The van der Waals surface area contributed by atoms with Crippen molar-refractivity contribution in [1.29, 1.82) is 0 Å². The second-order valence-electron chi connectivity index (χ2n) is 4.01. The third-order valence-corrected chi connectivity index (χ3v) is 2.52. The van der Waals surface area contributed by atoms with Gasteiger partial charge in [-0.2, -0.15) is 0 Å². The topological polar surface area (TPSA) is 38.3 Å². The van der Waals surface area contributed by atoms with Gasteiger partial charge in [0.05, 0.1) is 12.1 Å². The summed E-state index contributed by atoms with van der Waals surface area (Å²) in [7, 11) is 0. The van der Waals surface area contributed by atoms with E-state index < -0.39 is 18.9 Å². The number of rotatable bonds is 5. The summed E-state index contributed by atoms with van der Waals surface area (Å²) in [6.45, 7) is -0.682. The maximum Gasteiger partial charge on any atom is 0.255 e. The van der Waals surface area contributed by atoms with Crippen molar-refractivity contribution in [3.63, 3.8) is 0 Å². The molecule has 0 atom stereocenters. The minimum atomic E-state index is -2.58. The number of carbonyl (C=O) groups is 1. The molecule has 0 heterocycles. The van der Waals surface area contributed by atoms with Crippen molar-refractivity contribution in [3.8, 4) is 11.5 Å². The van der Waals surface area contributed by atoms with Crippen molar-refractivity contribution >= 4 is 5.91 Å². The molecule has 0 saturated carbocycles. The van der Waals surface area contributed by atoms with Crippen molar-refractivity contribution in [2.24, 2.45) is 0 Å². The van der Waals surface area contributed by atoms with Gasteiger partial charge in [0.2, 0.25) is 0 Å². The van der Waals surface area contributed by atoms with E-state index in [0.29, 0.717) is 11.5 Å². The molecule has 2 aromatic rings. The standard InChI is InChI=1S/C15H13F2NO2/c16-14(17)10-18-15(19)12-8-4-5-9-13(12)20-11-6-2-1-3-7-11/h1-9,14H,10H2,(H,18,19). The number of halogens is 2. The molecule has 104 valence electrons. The molecule has 0 saturated heterocycles. The van der Waals surface area contributed by atoms with Crippen LogP contribution in [0, 0.1) is 0 Å². The highest BCUT2D eigenvalue weighted by Gasteiger charge is 2.14. The van der Waals surface area contributed by atoms with Crippen LogP contribution < -0.4 is 10.1 Å². The molecule has 1 N–H and O–H groups in total. The number of benzene rings is 2. The van der Waals surface area contributed by atoms with Crippen LogP contribution in [0.4, 0.5) is 8.78 Å². The molecule has 20 heavy (non-hydrogen) atoms. The van der Waals surface area contributed by atoms with Gasteiger partial charge in [-0.3, -0.25) is 4.79 Å². The van der Waals surface area contributed by atoms with E-state index in [1.54, 1.807) is 42.5 Å². The van der Waals surface area contributed by atoms with Gasteiger partial charge in [0.1, 0.15) is 11.5 Å². The normalized spacial score (nSPS) is 10.3. The SMILES string of the molecule is O=C(NCC(F)F)c1ccccc1Oc1ccccc1. The number of para-hydroxylation sites is 2. The van der Waals surface area contributed by atoms with Crippen LogP contribution in [0.25, 0.3) is 0 Å². The summed E-state index contributed by atoms with van der Waals surface area (Å²) in [6.07, 6.45) is -2.58. The summed E-state index contributed by atoms with van der Waals surface area (Å²) >= 11 is 0. The molecule has 2 rings (SSSR count). The molecule has 0 fully saturated rings. The maximum atomic E-state index is 12.1. The lowest BCUT2D eigenvalue weighted by Crippen LogP contribution is -2.28. The fraction of sp³-hybridized carbons (Fsp3) is 0.133.